The zero-order valence-electron chi connectivity index (χ0n) is 8.64. The van der Waals surface area contributed by atoms with E-state index in [0.29, 0.717) is 0 Å². The van der Waals surface area contributed by atoms with Crippen molar-refractivity contribution in [3.05, 3.63) is 0 Å². The third-order valence-corrected chi connectivity index (χ3v) is 2.14. The van der Waals surface area contributed by atoms with Gasteiger partial charge in [0.25, 0.3) is 0 Å². The number of ether oxygens (including phenoxy) is 1. The normalized spacial score (nSPS) is 11.3. The van der Waals surface area contributed by atoms with Crippen LogP contribution < -0.4 is 0 Å². The Bertz CT molecular complexity index is 139. The van der Waals surface area contributed by atoms with Crippen LogP contribution in [0.4, 0.5) is 0 Å². The van der Waals surface area contributed by atoms with Crippen molar-refractivity contribution < 1.29 is 9.53 Å². The molecule has 0 aromatic rings. The predicted octanol–water partition coefficient (Wildman–Crippen LogP) is 2.77. The standard InChI is InChI=1S/C10H20O2/c1-5-6-7-8-10(2,3)9(11)12-4/h5-8H2,1-4H3. The fourth-order valence-corrected chi connectivity index (χ4v) is 1.20. The highest BCUT2D eigenvalue weighted by Crippen LogP contribution is 2.24. The van der Waals surface area contributed by atoms with Gasteiger partial charge < -0.3 is 4.74 Å². The zero-order valence-corrected chi connectivity index (χ0v) is 8.64. The van der Waals surface area contributed by atoms with Gasteiger partial charge in [0.2, 0.25) is 0 Å². The molecule has 72 valence electrons. The largest absolute Gasteiger partial charge is 0.469 e. The fourth-order valence-electron chi connectivity index (χ4n) is 1.20. The van der Waals surface area contributed by atoms with Gasteiger partial charge in [-0.15, -0.1) is 0 Å². The van der Waals surface area contributed by atoms with E-state index in [4.69, 9.17) is 4.74 Å². The first-order chi connectivity index (χ1) is 5.54. The molecule has 2 heteroatoms. The van der Waals surface area contributed by atoms with Crippen molar-refractivity contribution in [3.63, 3.8) is 0 Å². The first kappa shape index (κ1) is 11.5. The maximum absolute atomic E-state index is 11.2. The average molecular weight is 172 g/mol. The van der Waals surface area contributed by atoms with Gasteiger partial charge in [-0.1, -0.05) is 26.2 Å². The van der Waals surface area contributed by atoms with Crippen molar-refractivity contribution in [3.8, 4) is 0 Å². The van der Waals surface area contributed by atoms with Crippen LogP contribution in [0.3, 0.4) is 0 Å². The molecule has 0 fully saturated rings. The molecule has 0 N–H and O–H groups in total. The minimum atomic E-state index is -0.302. The van der Waals surface area contributed by atoms with Crippen LogP contribution in [0, 0.1) is 5.41 Å². The molecule has 0 saturated heterocycles. The molecule has 0 aromatic carbocycles. The maximum Gasteiger partial charge on any atom is 0.311 e. The highest BCUT2D eigenvalue weighted by Gasteiger charge is 2.27. The lowest BCUT2D eigenvalue weighted by Gasteiger charge is -2.20. The minimum Gasteiger partial charge on any atom is -0.469 e. The summed E-state index contributed by atoms with van der Waals surface area (Å²) in [5.41, 5.74) is -0.302. The molecule has 0 unspecified atom stereocenters. The van der Waals surface area contributed by atoms with Gasteiger partial charge in [-0.3, -0.25) is 4.79 Å². The predicted molar refractivity (Wildman–Crippen MR) is 49.9 cm³/mol. The van der Waals surface area contributed by atoms with Crippen molar-refractivity contribution in [2.24, 2.45) is 5.41 Å². The van der Waals surface area contributed by atoms with Gasteiger partial charge >= 0.3 is 5.97 Å². The molecule has 0 aliphatic rings. The SMILES string of the molecule is CCCCCC(C)(C)C(=O)OC. The second-order valence-corrected chi connectivity index (χ2v) is 3.83. The Morgan fingerprint density at radius 1 is 1.33 bits per heavy atom. The maximum atomic E-state index is 11.2. The van der Waals surface area contributed by atoms with Crippen LogP contribution in [0.2, 0.25) is 0 Å². The highest BCUT2D eigenvalue weighted by molar-refractivity contribution is 5.75. The third-order valence-electron chi connectivity index (χ3n) is 2.14. The molecular weight excluding hydrogens is 152 g/mol. The number of hydrogen-bond acceptors (Lipinski definition) is 2. The fraction of sp³-hybridized carbons (Fsp3) is 0.900. The van der Waals surface area contributed by atoms with Gasteiger partial charge in [0.05, 0.1) is 12.5 Å². The molecule has 0 aliphatic heterocycles. The molecular formula is C10H20O2. The summed E-state index contributed by atoms with van der Waals surface area (Å²) in [4.78, 5) is 11.2. The summed E-state index contributed by atoms with van der Waals surface area (Å²) in [6.45, 7) is 6.04. The lowest BCUT2D eigenvalue weighted by molar-refractivity contribution is -0.151. The van der Waals surface area contributed by atoms with Gasteiger partial charge in [0, 0.05) is 0 Å². The first-order valence-corrected chi connectivity index (χ1v) is 4.63. The van der Waals surface area contributed by atoms with Gasteiger partial charge in [0.1, 0.15) is 0 Å². The molecule has 0 amide bonds. The lowest BCUT2D eigenvalue weighted by atomic mass is 9.87. The summed E-state index contributed by atoms with van der Waals surface area (Å²) >= 11 is 0. The average Bonchev–Trinajstić information content (AvgIpc) is 2.03. The Hall–Kier alpha value is -0.530. The van der Waals surface area contributed by atoms with E-state index in [1.165, 1.54) is 20.0 Å². The third kappa shape index (κ3) is 3.74. The van der Waals surface area contributed by atoms with Gasteiger partial charge in [0.15, 0.2) is 0 Å². The van der Waals surface area contributed by atoms with Crippen LogP contribution in [0.1, 0.15) is 46.5 Å². The van der Waals surface area contributed by atoms with Gasteiger partial charge in [-0.25, -0.2) is 0 Å². The first-order valence-electron chi connectivity index (χ1n) is 4.63. The number of carbonyl (C=O) groups is 1. The topological polar surface area (TPSA) is 26.3 Å². The van der Waals surface area contributed by atoms with Gasteiger partial charge in [-0.2, -0.15) is 0 Å². The van der Waals surface area contributed by atoms with E-state index in [-0.39, 0.29) is 11.4 Å². The van der Waals surface area contributed by atoms with Crippen molar-refractivity contribution in [1.29, 1.82) is 0 Å². The van der Waals surface area contributed by atoms with E-state index in [1.807, 2.05) is 13.8 Å². The Morgan fingerprint density at radius 2 is 1.92 bits per heavy atom. The van der Waals surface area contributed by atoms with E-state index < -0.39 is 0 Å². The number of unbranched alkanes of at least 4 members (excludes halogenated alkanes) is 2. The lowest BCUT2D eigenvalue weighted by Crippen LogP contribution is -2.25. The Morgan fingerprint density at radius 3 is 2.33 bits per heavy atom. The van der Waals surface area contributed by atoms with E-state index in [9.17, 15) is 4.79 Å². The number of hydrogen-bond donors (Lipinski definition) is 0. The summed E-state index contributed by atoms with van der Waals surface area (Å²) in [5, 5.41) is 0. The molecule has 0 radical (unpaired) electrons. The molecule has 0 atom stereocenters. The minimum absolute atomic E-state index is 0.0985. The van der Waals surface area contributed by atoms with Crippen molar-refractivity contribution in [1.82, 2.24) is 0 Å². The van der Waals surface area contributed by atoms with E-state index in [1.54, 1.807) is 0 Å². The molecule has 0 bridgehead atoms. The van der Waals surface area contributed by atoms with Crippen LogP contribution in [0.15, 0.2) is 0 Å². The summed E-state index contributed by atoms with van der Waals surface area (Å²) in [6.07, 6.45) is 4.42. The van der Waals surface area contributed by atoms with Crippen LogP contribution in [0.25, 0.3) is 0 Å². The molecule has 0 spiro atoms. The molecule has 12 heavy (non-hydrogen) atoms. The van der Waals surface area contributed by atoms with E-state index in [0.717, 1.165) is 12.8 Å². The molecule has 0 aromatic heterocycles. The Labute approximate surface area is 75.3 Å². The molecule has 0 aliphatic carbocycles. The number of rotatable bonds is 5. The quantitative estimate of drug-likeness (QED) is 0.471. The highest BCUT2D eigenvalue weighted by atomic mass is 16.5. The van der Waals surface area contributed by atoms with E-state index >= 15 is 0 Å². The van der Waals surface area contributed by atoms with Crippen LogP contribution in [-0.4, -0.2) is 13.1 Å². The Balaban J connectivity index is 3.78. The second-order valence-electron chi connectivity index (χ2n) is 3.83. The second kappa shape index (κ2) is 5.18. The summed E-state index contributed by atoms with van der Waals surface area (Å²) in [6, 6.07) is 0. The van der Waals surface area contributed by atoms with Gasteiger partial charge in [-0.05, 0) is 20.3 Å². The number of methoxy groups -OCH3 is 1. The monoisotopic (exact) mass is 172 g/mol. The Kier molecular flexibility index (Phi) is 4.95. The smallest absolute Gasteiger partial charge is 0.311 e. The summed E-state index contributed by atoms with van der Waals surface area (Å²) in [5.74, 6) is -0.0985. The number of carbonyl (C=O) groups excluding carboxylic acids is 1. The zero-order chi connectivity index (χ0) is 9.61. The number of esters is 1. The van der Waals surface area contributed by atoms with Crippen LogP contribution in [-0.2, 0) is 9.53 Å². The van der Waals surface area contributed by atoms with Crippen LogP contribution in [0.5, 0.6) is 0 Å². The van der Waals surface area contributed by atoms with Crippen molar-refractivity contribution in [2.75, 3.05) is 7.11 Å². The van der Waals surface area contributed by atoms with Crippen molar-refractivity contribution >= 4 is 5.97 Å². The van der Waals surface area contributed by atoms with Crippen molar-refractivity contribution in [2.45, 2.75) is 46.5 Å². The molecule has 0 heterocycles. The summed E-state index contributed by atoms with van der Waals surface area (Å²) < 4.78 is 4.71. The summed E-state index contributed by atoms with van der Waals surface area (Å²) in [7, 11) is 1.45. The molecule has 2 nitrogen and oxygen atoms in total. The molecule has 0 rings (SSSR count). The van der Waals surface area contributed by atoms with Crippen LogP contribution >= 0.6 is 0 Å². The van der Waals surface area contributed by atoms with E-state index in [2.05, 4.69) is 6.92 Å². The molecule has 0 saturated carbocycles.